The van der Waals surface area contributed by atoms with E-state index in [9.17, 15) is 0 Å². The molecule has 0 amide bonds. The van der Waals surface area contributed by atoms with Crippen LogP contribution >= 0.6 is 11.6 Å². The summed E-state index contributed by atoms with van der Waals surface area (Å²) >= 11 is 6.20. The van der Waals surface area contributed by atoms with Gasteiger partial charge in [0.1, 0.15) is 0 Å². The van der Waals surface area contributed by atoms with Gasteiger partial charge in [0.15, 0.2) is 0 Å². The molecule has 0 aliphatic heterocycles. The van der Waals surface area contributed by atoms with Crippen molar-refractivity contribution >= 4 is 11.6 Å². The number of nitrogens with zero attached hydrogens (tertiary/aromatic N) is 2. The first-order valence-electron chi connectivity index (χ1n) is 6.57. The lowest BCUT2D eigenvalue weighted by atomic mass is 10.0. The number of hydrogen-bond donors (Lipinski definition) is 1. The quantitative estimate of drug-likeness (QED) is 0.820. The summed E-state index contributed by atoms with van der Waals surface area (Å²) in [5, 5.41) is 8.60. The third-order valence-corrected chi connectivity index (χ3v) is 4.25. The number of rotatable bonds is 5. The summed E-state index contributed by atoms with van der Waals surface area (Å²) in [5.41, 5.74) is 2.01. The monoisotopic (exact) mass is 255 g/mol. The zero-order valence-electron chi connectivity index (χ0n) is 10.8. The minimum atomic E-state index is 0.806. The lowest BCUT2D eigenvalue weighted by Gasteiger charge is -2.10. The van der Waals surface area contributed by atoms with Gasteiger partial charge in [-0.3, -0.25) is 4.68 Å². The van der Waals surface area contributed by atoms with Gasteiger partial charge in [-0.15, -0.1) is 0 Å². The number of halogens is 1. The van der Waals surface area contributed by atoms with Gasteiger partial charge in [0.25, 0.3) is 0 Å². The molecule has 1 fully saturated rings. The third kappa shape index (κ3) is 3.23. The van der Waals surface area contributed by atoms with Crippen LogP contribution in [-0.2, 0) is 13.6 Å². The van der Waals surface area contributed by atoms with Gasteiger partial charge in [0, 0.05) is 13.6 Å². The van der Waals surface area contributed by atoms with Gasteiger partial charge in [-0.25, -0.2) is 0 Å². The van der Waals surface area contributed by atoms with E-state index < -0.39 is 0 Å². The fraction of sp³-hybridized carbons (Fsp3) is 0.769. The maximum atomic E-state index is 6.20. The Morgan fingerprint density at radius 2 is 2.12 bits per heavy atom. The van der Waals surface area contributed by atoms with Gasteiger partial charge in [0.2, 0.25) is 0 Å². The van der Waals surface area contributed by atoms with Crippen molar-refractivity contribution in [3.05, 3.63) is 16.4 Å². The molecule has 17 heavy (non-hydrogen) atoms. The Bertz CT molecular complexity index is 367. The molecule has 1 aliphatic carbocycles. The number of nitrogens with one attached hydrogen (secondary N) is 1. The molecule has 0 bridgehead atoms. The van der Waals surface area contributed by atoms with Gasteiger partial charge in [0.05, 0.1) is 16.4 Å². The molecule has 1 aromatic rings. The molecule has 2 rings (SSSR count). The third-order valence-electron chi connectivity index (χ3n) is 3.76. The van der Waals surface area contributed by atoms with Crippen LogP contribution in [0.5, 0.6) is 0 Å². The van der Waals surface area contributed by atoms with Crippen LogP contribution in [0.15, 0.2) is 0 Å². The maximum Gasteiger partial charge on any atom is 0.0860 e. The molecule has 1 N–H and O–H groups in total. The normalized spacial score (nSPS) is 16.9. The molecule has 0 saturated heterocycles. The smallest absolute Gasteiger partial charge is 0.0860 e. The van der Waals surface area contributed by atoms with Gasteiger partial charge in [-0.05, 0) is 25.8 Å². The summed E-state index contributed by atoms with van der Waals surface area (Å²) in [6.07, 6.45) is 7.00. The van der Waals surface area contributed by atoms with E-state index in [4.69, 9.17) is 11.6 Å². The molecule has 1 aromatic heterocycles. The van der Waals surface area contributed by atoms with Crippen molar-refractivity contribution in [1.82, 2.24) is 15.1 Å². The molecule has 1 aliphatic rings. The first-order valence-corrected chi connectivity index (χ1v) is 6.95. The van der Waals surface area contributed by atoms with Crippen LogP contribution in [0.4, 0.5) is 0 Å². The van der Waals surface area contributed by atoms with E-state index in [1.807, 2.05) is 18.7 Å². The summed E-state index contributed by atoms with van der Waals surface area (Å²) < 4.78 is 1.88. The summed E-state index contributed by atoms with van der Waals surface area (Å²) in [6.45, 7) is 3.86. The Kier molecular flexibility index (Phi) is 4.46. The van der Waals surface area contributed by atoms with Gasteiger partial charge in [-0.2, -0.15) is 5.10 Å². The highest BCUT2D eigenvalue weighted by Crippen LogP contribution is 2.27. The predicted octanol–water partition coefficient (Wildman–Crippen LogP) is 3.05. The largest absolute Gasteiger partial charge is 0.311 e. The average molecular weight is 256 g/mol. The molecule has 1 heterocycles. The molecule has 0 unspecified atom stereocenters. The predicted molar refractivity (Wildman–Crippen MR) is 71.2 cm³/mol. The molecule has 4 heteroatoms. The van der Waals surface area contributed by atoms with Crippen molar-refractivity contribution in [2.75, 3.05) is 6.54 Å². The van der Waals surface area contributed by atoms with E-state index in [0.717, 1.165) is 35.4 Å². The minimum absolute atomic E-state index is 0.806. The molecule has 3 nitrogen and oxygen atoms in total. The van der Waals surface area contributed by atoms with Crippen molar-refractivity contribution in [1.29, 1.82) is 0 Å². The maximum absolute atomic E-state index is 6.20. The highest BCUT2D eigenvalue weighted by atomic mass is 35.5. The van der Waals surface area contributed by atoms with Crippen molar-refractivity contribution in [2.24, 2.45) is 13.0 Å². The molecule has 0 radical (unpaired) electrons. The van der Waals surface area contributed by atoms with Crippen LogP contribution < -0.4 is 5.32 Å². The van der Waals surface area contributed by atoms with Crippen LogP contribution in [0.3, 0.4) is 0 Å². The highest BCUT2D eigenvalue weighted by Gasteiger charge is 2.14. The summed E-state index contributed by atoms with van der Waals surface area (Å²) in [7, 11) is 1.95. The van der Waals surface area contributed by atoms with Crippen molar-refractivity contribution in [3.63, 3.8) is 0 Å². The molecular formula is C13H22ClN3. The van der Waals surface area contributed by atoms with E-state index in [-0.39, 0.29) is 0 Å². The average Bonchev–Trinajstić information content (AvgIpc) is 2.87. The van der Waals surface area contributed by atoms with Gasteiger partial charge < -0.3 is 5.32 Å². The van der Waals surface area contributed by atoms with Crippen molar-refractivity contribution in [2.45, 2.75) is 45.6 Å². The van der Waals surface area contributed by atoms with Crippen LogP contribution in [0, 0.1) is 12.8 Å². The van der Waals surface area contributed by atoms with Crippen molar-refractivity contribution < 1.29 is 0 Å². The SMILES string of the molecule is Cc1nn(C)c(CNCCC2CCCC2)c1Cl. The fourth-order valence-corrected chi connectivity index (χ4v) is 2.91. The molecular weight excluding hydrogens is 234 g/mol. The first kappa shape index (κ1) is 12.9. The summed E-state index contributed by atoms with van der Waals surface area (Å²) in [5.74, 6) is 0.950. The van der Waals surface area contributed by atoms with E-state index in [1.165, 1.54) is 32.1 Å². The van der Waals surface area contributed by atoms with Gasteiger partial charge >= 0.3 is 0 Å². The fourth-order valence-electron chi connectivity index (χ4n) is 2.68. The van der Waals surface area contributed by atoms with Crippen LogP contribution in [0.25, 0.3) is 0 Å². The Morgan fingerprint density at radius 1 is 1.41 bits per heavy atom. The zero-order valence-corrected chi connectivity index (χ0v) is 11.6. The summed E-state index contributed by atoms with van der Waals surface area (Å²) in [4.78, 5) is 0. The molecule has 1 saturated carbocycles. The standard InChI is InChI=1S/C13H22ClN3/c1-10-13(14)12(17(2)16-10)9-15-8-7-11-5-3-4-6-11/h11,15H,3-9H2,1-2H3. The lowest BCUT2D eigenvalue weighted by Crippen LogP contribution is -2.19. The van der Waals surface area contributed by atoms with E-state index in [0.29, 0.717) is 0 Å². The van der Waals surface area contributed by atoms with E-state index in [2.05, 4.69) is 10.4 Å². The Morgan fingerprint density at radius 3 is 2.71 bits per heavy atom. The highest BCUT2D eigenvalue weighted by molar-refractivity contribution is 6.31. The second kappa shape index (κ2) is 5.87. The second-order valence-corrected chi connectivity index (χ2v) is 5.46. The molecule has 0 atom stereocenters. The minimum Gasteiger partial charge on any atom is -0.311 e. The molecule has 0 aromatic carbocycles. The van der Waals surface area contributed by atoms with E-state index >= 15 is 0 Å². The van der Waals surface area contributed by atoms with Crippen molar-refractivity contribution in [3.8, 4) is 0 Å². The van der Waals surface area contributed by atoms with Gasteiger partial charge in [-0.1, -0.05) is 37.3 Å². The Hall–Kier alpha value is -0.540. The number of hydrogen-bond acceptors (Lipinski definition) is 2. The zero-order chi connectivity index (χ0) is 12.3. The number of aromatic nitrogens is 2. The molecule has 0 spiro atoms. The van der Waals surface area contributed by atoms with E-state index in [1.54, 1.807) is 0 Å². The second-order valence-electron chi connectivity index (χ2n) is 5.09. The lowest BCUT2D eigenvalue weighted by molar-refractivity contribution is 0.473. The van der Waals surface area contributed by atoms with Crippen LogP contribution in [0.1, 0.15) is 43.5 Å². The topological polar surface area (TPSA) is 29.9 Å². The summed E-state index contributed by atoms with van der Waals surface area (Å²) in [6, 6.07) is 0. The Balaban J connectivity index is 1.74. The first-order chi connectivity index (χ1) is 8.18. The Labute approximate surface area is 109 Å². The number of aryl methyl sites for hydroxylation is 2. The van der Waals surface area contributed by atoms with Crippen LogP contribution in [0.2, 0.25) is 5.02 Å². The molecule has 96 valence electrons. The van der Waals surface area contributed by atoms with Crippen LogP contribution in [-0.4, -0.2) is 16.3 Å².